The molecular formula is C17H21NO4. The molecule has 5 nitrogen and oxygen atoms in total. The molecule has 0 spiro atoms. The van der Waals surface area contributed by atoms with Crippen molar-refractivity contribution in [1.82, 2.24) is 4.90 Å². The van der Waals surface area contributed by atoms with Crippen LogP contribution in [0.15, 0.2) is 18.2 Å². The van der Waals surface area contributed by atoms with E-state index < -0.39 is 0 Å². The van der Waals surface area contributed by atoms with Crippen molar-refractivity contribution < 1.29 is 19.1 Å². The monoisotopic (exact) mass is 303 g/mol. The van der Waals surface area contributed by atoms with Gasteiger partial charge < -0.3 is 14.4 Å². The predicted octanol–water partition coefficient (Wildman–Crippen LogP) is 1.83. The van der Waals surface area contributed by atoms with Gasteiger partial charge in [-0.05, 0) is 26.3 Å². The van der Waals surface area contributed by atoms with Crippen molar-refractivity contribution in [3.63, 3.8) is 0 Å². The van der Waals surface area contributed by atoms with Crippen LogP contribution in [0.1, 0.15) is 36.2 Å². The molecule has 2 atom stereocenters. The topological polar surface area (TPSA) is 55.8 Å². The Morgan fingerprint density at radius 1 is 1.27 bits per heavy atom. The Morgan fingerprint density at radius 3 is 2.73 bits per heavy atom. The summed E-state index contributed by atoms with van der Waals surface area (Å²) in [5.41, 5.74) is 1.67. The number of morpholine rings is 1. The number of ether oxygens (including phenoxy) is 2. The van der Waals surface area contributed by atoms with E-state index in [1.165, 1.54) is 0 Å². The Morgan fingerprint density at radius 2 is 2.00 bits per heavy atom. The molecule has 22 heavy (non-hydrogen) atoms. The molecule has 0 radical (unpaired) electrons. The molecule has 2 unspecified atom stereocenters. The normalized spacial score (nSPS) is 24.3. The summed E-state index contributed by atoms with van der Waals surface area (Å²) < 4.78 is 11.3. The van der Waals surface area contributed by atoms with Gasteiger partial charge in [-0.15, -0.1) is 0 Å². The summed E-state index contributed by atoms with van der Waals surface area (Å²) in [4.78, 5) is 25.8. The molecule has 1 aromatic carbocycles. The van der Waals surface area contributed by atoms with Crippen LogP contribution in [-0.2, 0) is 16.0 Å². The predicted molar refractivity (Wildman–Crippen MR) is 81.2 cm³/mol. The first-order valence-electron chi connectivity index (χ1n) is 7.75. The average Bonchev–Trinajstić information content (AvgIpc) is 2.86. The molecule has 0 N–H and O–H groups in total. The zero-order valence-electron chi connectivity index (χ0n) is 13.0. The summed E-state index contributed by atoms with van der Waals surface area (Å²) >= 11 is 0. The van der Waals surface area contributed by atoms with Gasteiger partial charge in [0.2, 0.25) is 0 Å². The molecular weight excluding hydrogens is 282 g/mol. The summed E-state index contributed by atoms with van der Waals surface area (Å²) in [6, 6.07) is 5.46. The Bertz CT molecular complexity index is 588. The first-order valence-corrected chi connectivity index (χ1v) is 7.75. The number of carbonyl (C=O) groups is 2. The van der Waals surface area contributed by atoms with Crippen LogP contribution < -0.4 is 4.74 Å². The van der Waals surface area contributed by atoms with Crippen LogP contribution in [0.3, 0.4) is 0 Å². The fourth-order valence-corrected chi connectivity index (χ4v) is 3.21. The number of carbonyl (C=O) groups excluding carboxylic acids is 2. The fraction of sp³-hybridized carbons (Fsp3) is 0.529. The zero-order valence-corrected chi connectivity index (χ0v) is 13.0. The number of fused-ring (bicyclic) bond motifs is 1. The van der Waals surface area contributed by atoms with E-state index in [2.05, 4.69) is 0 Å². The SMILES string of the molecule is CC1CN(C(=O)COc2cccc3c2CCC3=O)CC(C)O1. The van der Waals surface area contributed by atoms with Crippen LogP contribution in [-0.4, -0.2) is 48.5 Å². The Hall–Kier alpha value is -1.88. The molecule has 1 fully saturated rings. The maximum atomic E-state index is 12.3. The van der Waals surface area contributed by atoms with Gasteiger partial charge in [0, 0.05) is 30.6 Å². The molecule has 0 bridgehead atoms. The highest BCUT2D eigenvalue weighted by atomic mass is 16.5. The number of hydrogen-bond acceptors (Lipinski definition) is 4. The molecule has 5 heteroatoms. The van der Waals surface area contributed by atoms with Crippen LogP contribution in [0, 0.1) is 0 Å². The third kappa shape index (κ3) is 2.99. The van der Waals surface area contributed by atoms with E-state index in [-0.39, 0.29) is 30.5 Å². The lowest BCUT2D eigenvalue weighted by atomic mass is 10.1. The molecule has 1 saturated heterocycles. The molecule has 0 aromatic heterocycles. The number of amides is 1. The Labute approximate surface area is 130 Å². The van der Waals surface area contributed by atoms with Gasteiger partial charge in [0.05, 0.1) is 12.2 Å². The van der Waals surface area contributed by atoms with E-state index in [1.54, 1.807) is 11.0 Å². The molecule has 1 aliphatic heterocycles. The Balaban J connectivity index is 1.63. The second-order valence-electron chi connectivity index (χ2n) is 6.05. The van der Waals surface area contributed by atoms with Crippen molar-refractivity contribution in [2.24, 2.45) is 0 Å². The van der Waals surface area contributed by atoms with Crippen molar-refractivity contribution >= 4 is 11.7 Å². The van der Waals surface area contributed by atoms with Crippen molar-refractivity contribution in [3.8, 4) is 5.75 Å². The minimum Gasteiger partial charge on any atom is -0.483 e. The summed E-state index contributed by atoms with van der Waals surface area (Å²) in [6.45, 7) is 5.12. The quantitative estimate of drug-likeness (QED) is 0.855. The van der Waals surface area contributed by atoms with Crippen molar-refractivity contribution in [1.29, 1.82) is 0 Å². The van der Waals surface area contributed by atoms with E-state index in [0.717, 1.165) is 11.1 Å². The van der Waals surface area contributed by atoms with Gasteiger partial charge in [-0.2, -0.15) is 0 Å². The van der Waals surface area contributed by atoms with E-state index >= 15 is 0 Å². The third-order valence-electron chi connectivity index (χ3n) is 4.16. The summed E-state index contributed by atoms with van der Waals surface area (Å²) in [7, 11) is 0. The van der Waals surface area contributed by atoms with Crippen molar-refractivity contribution in [3.05, 3.63) is 29.3 Å². The lowest BCUT2D eigenvalue weighted by Crippen LogP contribution is -2.49. The highest BCUT2D eigenvalue weighted by Crippen LogP contribution is 2.30. The van der Waals surface area contributed by atoms with Gasteiger partial charge in [-0.1, -0.05) is 12.1 Å². The van der Waals surface area contributed by atoms with Crippen LogP contribution in [0.4, 0.5) is 0 Å². The van der Waals surface area contributed by atoms with Crippen LogP contribution in [0.25, 0.3) is 0 Å². The van der Waals surface area contributed by atoms with E-state index in [1.807, 2.05) is 26.0 Å². The maximum absolute atomic E-state index is 12.3. The van der Waals surface area contributed by atoms with Crippen LogP contribution >= 0.6 is 0 Å². The minimum atomic E-state index is -0.0380. The molecule has 0 saturated carbocycles. The number of benzene rings is 1. The number of nitrogens with zero attached hydrogens (tertiary/aromatic N) is 1. The van der Waals surface area contributed by atoms with Gasteiger partial charge in [0.15, 0.2) is 12.4 Å². The average molecular weight is 303 g/mol. The Kier molecular flexibility index (Phi) is 4.16. The van der Waals surface area contributed by atoms with Gasteiger partial charge in [0.25, 0.3) is 5.91 Å². The van der Waals surface area contributed by atoms with E-state index in [9.17, 15) is 9.59 Å². The van der Waals surface area contributed by atoms with Crippen LogP contribution in [0.5, 0.6) is 5.75 Å². The first kappa shape index (κ1) is 15.0. The lowest BCUT2D eigenvalue weighted by Gasteiger charge is -2.35. The molecule has 118 valence electrons. The highest BCUT2D eigenvalue weighted by molar-refractivity contribution is 6.01. The maximum Gasteiger partial charge on any atom is 0.260 e. The fourth-order valence-electron chi connectivity index (χ4n) is 3.21. The first-order chi connectivity index (χ1) is 10.5. The standard InChI is InChI=1S/C17H21NO4/c1-11-8-18(9-12(2)22-11)17(20)10-21-16-5-3-4-13-14(16)6-7-15(13)19/h3-5,11-12H,6-10H2,1-2H3. The van der Waals surface area contributed by atoms with Crippen LogP contribution in [0.2, 0.25) is 0 Å². The van der Waals surface area contributed by atoms with Gasteiger partial charge in [0.1, 0.15) is 5.75 Å². The molecule has 1 heterocycles. The van der Waals surface area contributed by atoms with E-state index in [4.69, 9.17) is 9.47 Å². The van der Waals surface area contributed by atoms with Gasteiger partial charge in [-0.25, -0.2) is 0 Å². The number of Topliss-reactive ketones (excluding diaryl/α,β-unsaturated/α-hetero) is 1. The number of hydrogen-bond donors (Lipinski definition) is 0. The second-order valence-corrected chi connectivity index (χ2v) is 6.05. The molecule has 3 rings (SSSR count). The van der Waals surface area contributed by atoms with Gasteiger partial charge >= 0.3 is 0 Å². The highest BCUT2D eigenvalue weighted by Gasteiger charge is 2.27. The molecule has 2 aliphatic rings. The lowest BCUT2D eigenvalue weighted by molar-refractivity contribution is -0.145. The summed E-state index contributed by atoms with van der Waals surface area (Å²) in [5.74, 6) is 0.776. The van der Waals surface area contributed by atoms with Crippen molar-refractivity contribution in [2.75, 3.05) is 19.7 Å². The second kappa shape index (κ2) is 6.08. The largest absolute Gasteiger partial charge is 0.483 e. The number of rotatable bonds is 3. The smallest absolute Gasteiger partial charge is 0.260 e. The summed E-state index contributed by atoms with van der Waals surface area (Å²) in [6.07, 6.45) is 1.32. The third-order valence-corrected chi connectivity index (χ3v) is 4.16. The summed E-state index contributed by atoms with van der Waals surface area (Å²) in [5, 5.41) is 0. The zero-order chi connectivity index (χ0) is 15.7. The molecule has 1 aromatic rings. The van der Waals surface area contributed by atoms with Crippen molar-refractivity contribution in [2.45, 2.75) is 38.9 Å². The van der Waals surface area contributed by atoms with E-state index in [0.29, 0.717) is 31.7 Å². The molecule has 1 aliphatic carbocycles. The number of ketones is 1. The van der Waals surface area contributed by atoms with Gasteiger partial charge in [-0.3, -0.25) is 9.59 Å². The molecule has 1 amide bonds. The minimum absolute atomic E-state index is 0.00405.